The van der Waals surface area contributed by atoms with Gasteiger partial charge in [0.25, 0.3) is 5.91 Å². The van der Waals surface area contributed by atoms with E-state index in [1.807, 2.05) is 45.0 Å². The average Bonchev–Trinajstić information content (AvgIpc) is 3.08. The maximum Gasteiger partial charge on any atom is 0.254 e. The van der Waals surface area contributed by atoms with Gasteiger partial charge < -0.3 is 9.42 Å². The van der Waals surface area contributed by atoms with E-state index in [1.54, 1.807) is 11.0 Å². The molecule has 0 unspecified atom stereocenters. The molecule has 0 bridgehead atoms. The van der Waals surface area contributed by atoms with E-state index in [0.717, 1.165) is 11.1 Å². The summed E-state index contributed by atoms with van der Waals surface area (Å²) in [6.45, 7) is 5.93. The van der Waals surface area contributed by atoms with Crippen LogP contribution < -0.4 is 0 Å². The van der Waals surface area contributed by atoms with E-state index in [9.17, 15) is 9.18 Å². The molecule has 0 radical (unpaired) electrons. The van der Waals surface area contributed by atoms with Gasteiger partial charge in [0, 0.05) is 17.2 Å². The Bertz CT molecular complexity index is 903. The van der Waals surface area contributed by atoms with Crippen LogP contribution in [0.4, 0.5) is 4.39 Å². The van der Waals surface area contributed by atoms with Gasteiger partial charge in [0.05, 0.1) is 0 Å². The van der Waals surface area contributed by atoms with Crippen LogP contribution in [0, 0.1) is 12.7 Å². The molecule has 3 aromatic rings. The van der Waals surface area contributed by atoms with Crippen molar-refractivity contribution in [3.05, 3.63) is 71.4 Å². The van der Waals surface area contributed by atoms with Gasteiger partial charge in [0.1, 0.15) is 12.4 Å². The van der Waals surface area contributed by atoms with Gasteiger partial charge in [-0.1, -0.05) is 41.1 Å². The normalized spacial score (nSPS) is 11.0. The summed E-state index contributed by atoms with van der Waals surface area (Å²) in [5.74, 6) is 0.0783. The molecule has 134 valence electrons. The standard InChI is InChI=1S/C20H20FN3O2/c1-13(2)24(20(25)16-5-4-6-17(21)11-16)12-18-22-19(23-26-18)15-9-7-14(3)8-10-15/h4-11,13H,12H2,1-3H3. The number of carbonyl (C=O) groups is 1. The van der Waals surface area contributed by atoms with Gasteiger partial charge in [0.15, 0.2) is 0 Å². The highest BCUT2D eigenvalue weighted by Crippen LogP contribution is 2.18. The van der Waals surface area contributed by atoms with Crippen molar-refractivity contribution in [3.63, 3.8) is 0 Å². The van der Waals surface area contributed by atoms with E-state index in [0.29, 0.717) is 11.7 Å². The molecule has 1 heterocycles. The Morgan fingerprint density at radius 2 is 1.92 bits per heavy atom. The van der Waals surface area contributed by atoms with Crippen LogP contribution in [-0.4, -0.2) is 27.0 Å². The minimum absolute atomic E-state index is 0.111. The lowest BCUT2D eigenvalue weighted by molar-refractivity contribution is 0.0667. The Balaban J connectivity index is 1.80. The number of amides is 1. The predicted octanol–water partition coefficient (Wildman–Crippen LogP) is 4.23. The zero-order valence-electron chi connectivity index (χ0n) is 14.9. The van der Waals surface area contributed by atoms with Crippen molar-refractivity contribution in [1.82, 2.24) is 15.0 Å². The Kier molecular flexibility index (Phi) is 5.11. The molecule has 0 N–H and O–H groups in total. The second kappa shape index (κ2) is 7.47. The fourth-order valence-corrected chi connectivity index (χ4v) is 2.56. The van der Waals surface area contributed by atoms with Crippen molar-refractivity contribution in [2.24, 2.45) is 0 Å². The average molecular weight is 353 g/mol. The number of hydrogen-bond acceptors (Lipinski definition) is 4. The highest BCUT2D eigenvalue weighted by Gasteiger charge is 2.22. The predicted molar refractivity (Wildman–Crippen MR) is 95.9 cm³/mol. The summed E-state index contributed by atoms with van der Waals surface area (Å²) in [6, 6.07) is 13.3. The minimum Gasteiger partial charge on any atom is -0.337 e. The molecule has 0 aliphatic heterocycles. The van der Waals surface area contributed by atoms with E-state index in [1.165, 1.54) is 18.2 Å². The van der Waals surface area contributed by atoms with Crippen molar-refractivity contribution in [1.29, 1.82) is 0 Å². The lowest BCUT2D eigenvalue weighted by Crippen LogP contribution is -2.36. The summed E-state index contributed by atoms with van der Waals surface area (Å²) >= 11 is 0. The maximum absolute atomic E-state index is 13.4. The van der Waals surface area contributed by atoms with Gasteiger partial charge >= 0.3 is 0 Å². The topological polar surface area (TPSA) is 59.2 Å². The molecule has 0 saturated heterocycles. The Morgan fingerprint density at radius 3 is 2.58 bits per heavy atom. The van der Waals surface area contributed by atoms with Crippen molar-refractivity contribution < 1.29 is 13.7 Å². The van der Waals surface area contributed by atoms with Gasteiger partial charge in [-0.05, 0) is 39.0 Å². The first kappa shape index (κ1) is 17.8. The van der Waals surface area contributed by atoms with E-state index in [-0.39, 0.29) is 24.1 Å². The number of nitrogens with zero attached hydrogens (tertiary/aromatic N) is 3. The van der Waals surface area contributed by atoms with Crippen LogP contribution in [0.3, 0.4) is 0 Å². The molecule has 26 heavy (non-hydrogen) atoms. The number of halogens is 1. The zero-order valence-corrected chi connectivity index (χ0v) is 14.9. The number of hydrogen-bond donors (Lipinski definition) is 0. The van der Waals surface area contributed by atoms with Gasteiger partial charge in [-0.3, -0.25) is 4.79 Å². The summed E-state index contributed by atoms with van der Waals surface area (Å²) in [5, 5.41) is 3.99. The molecule has 0 saturated carbocycles. The van der Waals surface area contributed by atoms with Crippen molar-refractivity contribution >= 4 is 5.91 Å². The van der Waals surface area contributed by atoms with E-state index in [2.05, 4.69) is 10.1 Å². The lowest BCUT2D eigenvalue weighted by Gasteiger charge is -2.25. The summed E-state index contributed by atoms with van der Waals surface area (Å²) in [4.78, 5) is 18.7. The highest BCUT2D eigenvalue weighted by atomic mass is 19.1. The molecule has 1 aromatic heterocycles. The fraction of sp³-hybridized carbons (Fsp3) is 0.250. The Hall–Kier alpha value is -3.02. The van der Waals surface area contributed by atoms with E-state index in [4.69, 9.17) is 4.52 Å². The summed E-state index contributed by atoms with van der Waals surface area (Å²) in [6.07, 6.45) is 0. The van der Waals surface area contributed by atoms with Crippen LogP contribution in [0.25, 0.3) is 11.4 Å². The second-order valence-corrected chi connectivity index (χ2v) is 6.41. The molecule has 0 fully saturated rings. The summed E-state index contributed by atoms with van der Waals surface area (Å²) in [5.41, 5.74) is 2.28. The fourth-order valence-electron chi connectivity index (χ4n) is 2.56. The van der Waals surface area contributed by atoms with Gasteiger partial charge in [-0.15, -0.1) is 0 Å². The Labute approximate surface area is 151 Å². The number of aromatic nitrogens is 2. The molecule has 1 amide bonds. The largest absolute Gasteiger partial charge is 0.337 e. The van der Waals surface area contributed by atoms with Crippen molar-refractivity contribution in [2.75, 3.05) is 0 Å². The quantitative estimate of drug-likeness (QED) is 0.688. The first-order valence-electron chi connectivity index (χ1n) is 8.40. The molecule has 0 spiro atoms. The summed E-state index contributed by atoms with van der Waals surface area (Å²) in [7, 11) is 0. The molecule has 6 heteroatoms. The van der Waals surface area contributed by atoms with E-state index < -0.39 is 5.82 Å². The third-order valence-corrected chi connectivity index (χ3v) is 4.04. The monoisotopic (exact) mass is 353 g/mol. The number of benzene rings is 2. The molecular formula is C20H20FN3O2. The third-order valence-electron chi connectivity index (χ3n) is 4.04. The van der Waals surface area contributed by atoms with Crippen LogP contribution in [0.15, 0.2) is 53.1 Å². The summed E-state index contributed by atoms with van der Waals surface area (Å²) < 4.78 is 18.7. The molecular weight excluding hydrogens is 333 g/mol. The van der Waals surface area contributed by atoms with Crippen LogP contribution in [0.2, 0.25) is 0 Å². The zero-order chi connectivity index (χ0) is 18.7. The van der Waals surface area contributed by atoms with Crippen molar-refractivity contribution in [3.8, 4) is 11.4 Å². The van der Waals surface area contributed by atoms with Gasteiger partial charge in [-0.2, -0.15) is 4.98 Å². The molecule has 0 aliphatic carbocycles. The smallest absolute Gasteiger partial charge is 0.254 e. The minimum atomic E-state index is -0.445. The molecule has 0 aliphatic rings. The second-order valence-electron chi connectivity index (χ2n) is 6.41. The molecule has 5 nitrogen and oxygen atoms in total. The molecule has 2 aromatic carbocycles. The van der Waals surface area contributed by atoms with Crippen LogP contribution >= 0.6 is 0 Å². The number of rotatable bonds is 5. The van der Waals surface area contributed by atoms with Crippen LogP contribution in [0.5, 0.6) is 0 Å². The van der Waals surface area contributed by atoms with Crippen LogP contribution in [-0.2, 0) is 6.54 Å². The highest BCUT2D eigenvalue weighted by molar-refractivity contribution is 5.94. The SMILES string of the molecule is Cc1ccc(-c2noc(CN(C(=O)c3cccc(F)c3)C(C)C)n2)cc1. The van der Waals surface area contributed by atoms with Gasteiger partial charge in [-0.25, -0.2) is 4.39 Å². The first-order chi connectivity index (χ1) is 12.4. The maximum atomic E-state index is 13.4. The van der Waals surface area contributed by atoms with E-state index >= 15 is 0 Å². The first-order valence-corrected chi connectivity index (χ1v) is 8.40. The lowest BCUT2D eigenvalue weighted by atomic mass is 10.1. The number of aryl methyl sites for hydroxylation is 1. The van der Waals surface area contributed by atoms with Crippen molar-refractivity contribution in [2.45, 2.75) is 33.4 Å². The van der Waals surface area contributed by atoms with Gasteiger partial charge in [0.2, 0.25) is 11.7 Å². The Morgan fingerprint density at radius 1 is 1.19 bits per heavy atom. The molecule has 0 atom stereocenters. The van der Waals surface area contributed by atoms with Crippen LogP contribution in [0.1, 0.15) is 35.7 Å². The third kappa shape index (κ3) is 3.96. The molecule has 3 rings (SSSR count). The number of carbonyl (C=O) groups excluding carboxylic acids is 1.